The van der Waals surface area contributed by atoms with Crippen LogP contribution in [0.4, 0.5) is 18.9 Å². The Morgan fingerprint density at radius 3 is 2.68 bits per heavy atom. The molecule has 3 heterocycles. The molecule has 1 aromatic carbocycles. The molecular formula is C17H13F3N4O. The van der Waals surface area contributed by atoms with Gasteiger partial charge in [-0.15, -0.1) is 0 Å². The molecule has 0 saturated carbocycles. The fourth-order valence-electron chi connectivity index (χ4n) is 3.23. The van der Waals surface area contributed by atoms with E-state index >= 15 is 0 Å². The number of nitrogens with zero attached hydrogens (tertiary/aromatic N) is 3. The Morgan fingerprint density at radius 1 is 1.20 bits per heavy atom. The molecule has 0 radical (unpaired) electrons. The Bertz CT molecular complexity index is 1040. The third-order valence-corrected chi connectivity index (χ3v) is 4.22. The van der Waals surface area contributed by atoms with Crippen molar-refractivity contribution in [1.29, 1.82) is 0 Å². The van der Waals surface area contributed by atoms with Crippen LogP contribution in [0.5, 0.6) is 0 Å². The van der Waals surface area contributed by atoms with Crippen molar-refractivity contribution >= 4 is 17.2 Å². The largest absolute Gasteiger partial charge is 0.418 e. The molecule has 0 saturated heterocycles. The first kappa shape index (κ1) is 15.6. The van der Waals surface area contributed by atoms with Crippen LogP contribution < -0.4 is 5.32 Å². The van der Waals surface area contributed by atoms with Crippen molar-refractivity contribution < 1.29 is 18.0 Å². The topological polar surface area (TPSA) is 59.3 Å². The normalized spacial score (nSPS) is 14.0. The Morgan fingerprint density at radius 2 is 1.96 bits per heavy atom. The van der Waals surface area contributed by atoms with Crippen LogP contribution in [0, 0.1) is 13.8 Å². The van der Waals surface area contributed by atoms with Gasteiger partial charge in [0, 0.05) is 11.3 Å². The summed E-state index contributed by atoms with van der Waals surface area (Å²) in [6.45, 7) is 3.38. The minimum atomic E-state index is -4.54. The summed E-state index contributed by atoms with van der Waals surface area (Å²) < 4.78 is 41.9. The van der Waals surface area contributed by atoms with Gasteiger partial charge in [-0.1, -0.05) is 0 Å². The highest BCUT2D eigenvalue weighted by molar-refractivity contribution is 6.00. The van der Waals surface area contributed by atoms with E-state index in [-0.39, 0.29) is 18.0 Å². The summed E-state index contributed by atoms with van der Waals surface area (Å²) in [5.74, 6) is 0.219. The van der Waals surface area contributed by atoms with Gasteiger partial charge in [-0.25, -0.2) is 9.50 Å². The van der Waals surface area contributed by atoms with Gasteiger partial charge in [-0.3, -0.25) is 4.79 Å². The molecule has 0 spiro atoms. The van der Waals surface area contributed by atoms with E-state index in [4.69, 9.17) is 0 Å². The van der Waals surface area contributed by atoms with Crippen molar-refractivity contribution in [3.05, 3.63) is 46.8 Å². The van der Waals surface area contributed by atoms with Crippen LogP contribution in [0.3, 0.4) is 0 Å². The number of halogens is 3. The van der Waals surface area contributed by atoms with Crippen molar-refractivity contribution in [3.63, 3.8) is 0 Å². The summed E-state index contributed by atoms with van der Waals surface area (Å²) in [5, 5.41) is 6.86. The molecule has 2 aromatic heterocycles. The summed E-state index contributed by atoms with van der Waals surface area (Å²) in [5.41, 5.74) is 1.90. The highest BCUT2D eigenvalue weighted by Crippen LogP contribution is 2.39. The van der Waals surface area contributed by atoms with Crippen LogP contribution in [0.2, 0.25) is 0 Å². The molecule has 8 heteroatoms. The summed E-state index contributed by atoms with van der Waals surface area (Å²) in [4.78, 5) is 15.8. The number of carbonyl (C=O) groups is 1. The first-order valence-corrected chi connectivity index (χ1v) is 7.61. The van der Waals surface area contributed by atoms with Crippen LogP contribution in [-0.2, 0) is 17.4 Å². The molecule has 0 unspecified atom stereocenters. The van der Waals surface area contributed by atoms with Gasteiger partial charge >= 0.3 is 6.18 Å². The van der Waals surface area contributed by atoms with Gasteiger partial charge in [0.25, 0.3) is 0 Å². The molecule has 4 rings (SSSR count). The lowest BCUT2D eigenvalue weighted by atomic mass is 9.98. The highest BCUT2D eigenvalue weighted by atomic mass is 19.4. The fourth-order valence-corrected chi connectivity index (χ4v) is 3.23. The van der Waals surface area contributed by atoms with Crippen LogP contribution in [0.1, 0.15) is 22.5 Å². The monoisotopic (exact) mass is 346 g/mol. The van der Waals surface area contributed by atoms with Gasteiger partial charge in [-0.2, -0.15) is 18.3 Å². The van der Waals surface area contributed by atoms with E-state index in [1.54, 1.807) is 26.0 Å². The number of fused-ring (bicyclic) bond motifs is 2. The minimum Gasteiger partial charge on any atom is -0.325 e. The number of anilines is 1. The standard InChI is InChI=1S/C17H13F3N4O/c1-8-5-11(6-10-7-14(25)22-15(8)10)16-12(17(18,19)20)3-4-13-21-9(2)23-24(13)16/h3-6H,7H2,1-2H3,(H,22,25). The molecule has 1 aliphatic heterocycles. The second kappa shape index (κ2) is 5.05. The van der Waals surface area contributed by atoms with E-state index in [1.807, 2.05) is 0 Å². The van der Waals surface area contributed by atoms with E-state index in [2.05, 4.69) is 15.4 Å². The fraction of sp³-hybridized carbons (Fsp3) is 0.235. The summed E-state index contributed by atoms with van der Waals surface area (Å²) in [6, 6.07) is 5.56. The third-order valence-electron chi connectivity index (χ3n) is 4.22. The highest BCUT2D eigenvalue weighted by Gasteiger charge is 2.36. The Balaban J connectivity index is 2.05. The van der Waals surface area contributed by atoms with Gasteiger partial charge in [0.15, 0.2) is 5.65 Å². The van der Waals surface area contributed by atoms with Gasteiger partial charge in [-0.05, 0) is 49.2 Å². The molecule has 1 N–H and O–H groups in total. The number of benzene rings is 1. The maximum Gasteiger partial charge on any atom is 0.418 e. The van der Waals surface area contributed by atoms with Crippen molar-refractivity contribution in [2.24, 2.45) is 0 Å². The van der Waals surface area contributed by atoms with E-state index in [1.165, 1.54) is 10.6 Å². The minimum absolute atomic E-state index is 0.0733. The number of hydrogen-bond donors (Lipinski definition) is 1. The van der Waals surface area contributed by atoms with Crippen LogP contribution in [0.25, 0.3) is 16.9 Å². The molecule has 25 heavy (non-hydrogen) atoms. The van der Waals surface area contributed by atoms with E-state index < -0.39 is 11.7 Å². The number of alkyl halides is 3. The molecular weight excluding hydrogens is 333 g/mol. The van der Waals surface area contributed by atoms with E-state index in [0.717, 1.165) is 6.07 Å². The summed E-state index contributed by atoms with van der Waals surface area (Å²) in [7, 11) is 0. The molecule has 1 aliphatic rings. The third kappa shape index (κ3) is 2.45. The zero-order valence-corrected chi connectivity index (χ0v) is 13.4. The zero-order valence-electron chi connectivity index (χ0n) is 13.4. The number of nitrogens with one attached hydrogen (secondary N) is 1. The molecule has 0 atom stereocenters. The molecule has 0 fully saturated rings. The number of rotatable bonds is 1. The molecule has 5 nitrogen and oxygen atoms in total. The molecule has 1 amide bonds. The SMILES string of the molecule is Cc1nc2ccc(C(F)(F)F)c(-c3cc(C)c4c(c3)CC(=O)N4)n2n1. The average molecular weight is 346 g/mol. The van der Waals surface area contributed by atoms with Gasteiger partial charge in [0.1, 0.15) is 5.82 Å². The number of carbonyl (C=O) groups excluding carboxylic acids is 1. The average Bonchev–Trinajstić information content (AvgIpc) is 3.06. The predicted molar refractivity (Wildman–Crippen MR) is 85.2 cm³/mol. The second-order valence-corrected chi connectivity index (χ2v) is 6.07. The number of amides is 1. The van der Waals surface area contributed by atoms with Crippen molar-refractivity contribution in [1.82, 2.24) is 14.6 Å². The van der Waals surface area contributed by atoms with Gasteiger partial charge in [0.05, 0.1) is 17.7 Å². The van der Waals surface area contributed by atoms with E-state index in [9.17, 15) is 18.0 Å². The molecule has 3 aromatic rings. The summed E-state index contributed by atoms with van der Waals surface area (Å²) >= 11 is 0. The Hall–Kier alpha value is -2.90. The number of hydrogen-bond acceptors (Lipinski definition) is 3. The first-order valence-electron chi connectivity index (χ1n) is 7.61. The zero-order chi connectivity index (χ0) is 17.9. The van der Waals surface area contributed by atoms with Crippen LogP contribution in [0.15, 0.2) is 24.3 Å². The number of pyridine rings is 1. The molecule has 0 aliphatic carbocycles. The predicted octanol–water partition coefficient (Wildman–Crippen LogP) is 3.53. The van der Waals surface area contributed by atoms with Crippen molar-refractivity contribution in [3.8, 4) is 11.3 Å². The smallest absolute Gasteiger partial charge is 0.325 e. The molecule has 128 valence electrons. The second-order valence-electron chi connectivity index (χ2n) is 6.07. The lowest BCUT2D eigenvalue weighted by Gasteiger charge is -2.16. The van der Waals surface area contributed by atoms with E-state index in [0.29, 0.717) is 33.8 Å². The maximum absolute atomic E-state index is 13.6. The maximum atomic E-state index is 13.6. The first-order chi connectivity index (χ1) is 11.7. The lowest BCUT2D eigenvalue weighted by Crippen LogP contribution is -2.11. The van der Waals surface area contributed by atoms with Gasteiger partial charge in [0.2, 0.25) is 5.91 Å². The summed E-state index contributed by atoms with van der Waals surface area (Å²) in [6.07, 6.45) is -4.39. The lowest BCUT2D eigenvalue weighted by molar-refractivity contribution is -0.137. The molecule has 0 bridgehead atoms. The van der Waals surface area contributed by atoms with Crippen LogP contribution >= 0.6 is 0 Å². The van der Waals surface area contributed by atoms with Crippen molar-refractivity contribution in [2.75, 3.05) is 5.32 Å². The Kier molecular flexibility index (Phi) is 3.15. The van der Waals surface area contributed by atoms with Crippen molar-refractivity contribution in [2.45, 2.75) is 26.4 Å². The van der Waals surface area contributed by atoms with Gasteiger partial charge < -0.3 is 5.32 Å². The quantitative estimate of drug-likeness (QED) is 0.733. The van der Waals surface area contributed by atoms with Crippen LogP contribution in [-0.4, -0.2) is 20.5 Å². The number of aryl methyl sites for hydroxylation is 2. The Labute approximate surface area is 140 Å². The number of aromatic nitrogens is 3.